The zero-order chi connectivity index (χ0) is 9.80. The van der Waals surface area contributed by atoms with E-state index in [-0.39, 0.29) is 6.04 Å². The van der Waals surface area contributed by atoms with Crippen LogP contribution in [0.3, 0.4) is 0 Å². The third-order valence-electron chi connectivity index (χ3n) is 1.84. The lowest BCUT2D eigenvalue weighted by Crippen LogP contribution is -2.29. The average molecular weight is 190 g/mol. The highest BCUT2D eigenvalue weighted by Gasteiger charge is 2.16. The van der Waals surface area contributed by atoms with E-state index in [2.05, 4.69) is 15.4 Å². The third kappa shape index (κ3) is 1.63. The molecule has 0 aromatic carbocycles. The van der Waals surface area contributed by atoms with Gasteiger partial charge in [0, 0.05) is 12.4 Å². The summed E-state index contributed by atoms with van der Waals surface area (Å²) in [6, 6.07) is 5.06. The van der Waals surface area contributed by atoms with Crippen LogP contribution < -0.4 is 11.3 Å². The van der Waals surface area contributed by atoms with Gasteiger partial charge in [-0.05, 0) is 18.2 Å². The van der Waals surface area contributed by atoms with Crippen LogP contribution in [0.4, 0.5) is 0 Å². The Hall–Kier alpha value is -1.72. The van der Waals surface area contributed by atoms with Crippen molar-refractivity contribution in [2.75, 3.05) is 0 Å². The molecule has 14 heavy (non-hydrogen) atoms. The van der Waals surface area contributed by atoms with Crippen LogP contribution in [0.1, 0.15) is 17.6 Å². The van der Waals surface area contributed by atoms with Crippen molar-refractivity contribution in [2.24, 2.45) is 5.84 Å². The predicted molar refractivity (Wildman–Crippen MR) is 49.9 cm³/mol. The second-order valence-corrected chi connectivity index (χ2v) is 2.72. The molecule has 0 radical (unpaired) electrons. The molecule has 2 rings (SSSR count). The molecule has 0 spiro atoms. The van der Waals surface area contributed by atoms with Crippen molar-refractivity contribution in [2.45, 2.75) is 6.04 Å². The van der Waals surface area contributed by atoms with Crippen molar-refractivity contribution < 1.29 is 4.42 Å². The molecule has 2 aromatic heterocycles. The summed E-state index contributed by atoms with van der Waals surface area (Å²) in [5.41, 5.74) is 2.60. The molecule has 0 saturated carbocycles. The van der Waals surface area contributed by atoms with E-state index in [0.29, 0.717) is 11.6 Å². The number of nitrogens with zero attached hydrogens (tertiary/aromatic N) is 2. The van der Waals surface area contributed by atoms with Gasteiger partial charge in [-0.25, -0.2) is 15.4 Å². The first-order valence-corrected chi connectivity index (χ1v) is 4.18. The number of hydrogen-bond acceptors (Lipinski definition) is 5. The number of rotatable bonds is 3. The fourth-order valence-electron chi connectivity index (χ4n) is 1.20. The maximum atomic E-state index is 5.41. The maximum absolute atomic E-state index is 5.41. The molecule has 0 aliphatic heterocycles. The lowest BCUT2D eigenvalue weighted by atomic mass is 10.2. The molecule has 2 aromatic rings. The molecular formula is C9H10N4O. The maximum Gasteiger partial charge on any atom is 0.154 e. The van der Waals surface area contributed by atoms with E-state index >= 15 is 0 Å². The number of nitrogens with two attached hydrogens (primary N) is 1. The van der Waals surface area contributed by atoms with E-state index in [1.54, 1.807) is 30.8 Å². The summed E-state index contributed by atoms with van der Waals surface area (Å²) in [7, 11) is 0. The summed E-state index contributed by atoms with van der Waals surface area (Å²) >= 11 is 0. The van der Waals surface area contributed by atoms with Gasteiger partial charge < -0.3 is 4.42 Å². The molecule has 0 bridgehead atoms. The van der Waals surface area contributed by atoms with E-state index in [1.165, 1.54) is 0 Å². The molecule has 72 valence electrons. The largest absolute Gasteiger partial charge is 0.467 e. The van der Waals surface area contributed by atoms with E-state index in [4.69, 9.17) is 10.3 Å². The monoisotopic (exact) mass is 190 g/mol. The summed E-state index contributed by atoms with van der Waals surface area (Å²) in [5, 5.41) is 0. The zero-order valence-corrected chi connectivity index (χ0v) is 7.42. The summed E-state index contributed by atoms with van der Waals surface area (Å²) in [6.07, 6.45) is 4.91. The highest BCUT2D eigenvalue weighted by molar-refractivity contribution is 5.13. The molecule has 0 saturated heterocycles. The predicted octanol–water partition coefficient (Wildman–Crippen LogP) is 0.622. The van der Waals surface area contributed by atoms with E-state index in [0.717, 1.165) is 0 Å². The van der Waals surface area contributed by atoms with Gasteiger partial charge in [-0.15, -0.1) is 0 Å². The number of furan rings is 1. The Morgan fingerprint density at radius 2 is 2.07 bits per heavy atom. The minimum atomic E-state index is -0.300. The van der Waals surface area contributed by atoms with Crippen molar-refractivity contribution in [1.29, 1.82) is 0 Å². The van der Waals surface area contributed by atoms with Gasteiger partial charge >= 0.3 is 0 Å². The van der Waals surface area contributed by atoms with Crippen LogP contribution in [0.5, 0.6) is 0 Å². The van der Waals surface area contributed by atoms with Crippen LogP contribution in [-0.4, -0.2) is 9.97 Å². The van der Waals surface area contributed by atoms with Gasteiger partial charge in [-0.3, -0.25) is 5.84 Å². The molecule has 0 fully saturated rings. The Kier molecular flexibility index (Phi) is 2.53. The standard InChI is InChI=1S/C9H10N4O/c10-13-8(7-3-1-6-14-7)9-11-4-2-5-12-9/h1-6,8,13H,10H2. The Bertz CT molecular complexity index is 373. The van der Waals surface area contributed by atoms with Crippen LogP contribution in [0.2, 0.25) is 0 Å². The first-order chi connectivity index (χ1) is 6.92. The molecular weight excluding hydrogens is 180 g/mol. The summed E-state index contributed by atoms with van der Waals surface area (Å²) in [4.78, 5) is 8.18. The van der Waals surface area contributed by atoms with Crippen LogP contribution in [0.25, 0.3) is 0 Å². The van der Waals surface area contributed by atoms with Crippen molar-refractivity contribution in [1.82, 2.24) is 15.4 Å². The minimum Gasteiger partial charge on any atom is -0.467 e. The van der Waals surface area contributed by atoms with E-state index < -0.39 is 0 Å². The Balaban J connectivity index is 2.31. The summed E-state index contributed by atoms with van der Waals surface area (Å²) in [6.45, 7) is 0. The van der Waals surface area contributed by atoms with Crippen LogP contribution >= 0.6 is 0 Å². The normalized spacial score (nSPS) is 12.6. The second kappa shape index (κ2) is 3.99. The van der Waals surface area contributed by atoms with Crippen LogP contribution in [0, 0.1) is 0 Å². The van der Waals surface area contributed by atoms with Gasteiger partial charge in [-0.1, -0.05) is 0 Å². The molecule has 5 heteroatoms. The highest BCUT2D eigenvalue weighted by atomic mass is 16.3. The lowest BCUT2D eigenvalue weighted by Gasteiger charge is -2.10. The summed E-state index contributed by atoms with van der Waals surface area (Å²) in [5.74, 6) is 6.69. The number of hydrogen-bond donors (Lipinski definition) is 2. The van der Waals surface area contributed by atoms with Gasteiger partial charge in [-0.2, -0.15) is 0 Å². The third-order valence-corrected chi connectivity index (χ3v) is 1.84. The first kappa shape index (κ1) is 8.86. The van der Waals surface area contributed by atoms with E-state index in [9.17, 15) is 0 Å². The van der Waals surface area contributed by atoms with Crippen molar-refractivity contribution >= 4 is 0 Å². The Labute approximate surface area is 80.9 Å². The van der Waals surface area contributed by atoms with Crippen molar-refractivity contribution in [3.8, 4) is 0 Å². The fourth-order valence-corrected chi connectivity index (χ4v) is 1.20. The quantitative estimate of drug-likeness (QED) is 0.548. The topological polar surface area (TPSA) is 77.0 Å². The molecule has 0 aliphatic carbocycles. The smallest absolute Gasteiger partial charge is 0.154 e. The molecule has 3 N–H and O–H groups in total. The molecule has 5 nitrogen and oxygen atoms in total. The number of nitrogens with one attached hydrogen (secondary N) is 1. The molecule has 0 aliphatic rings. The van der Waals surface area contributed by atoms with Gasteiger partial charge in [0.05, 0.1) is 6.26 Å². The average Bonchev–Trinajstić information content (AvgIpc) is 2.74. The SMILES string of the molecule is NNC(c1ncccn1)c1ccco1. The molecule has 2 heterocycles. The first-order valence-electron chi connectivity index (χ1n) is 4.18. The number of hydrazine groups is 1. The molecule has 1 unspecified atom stereocenters. The number of aromatic nitrogens is 2. The minimum absolute atomic E-state index is 0.300. The second-order valence-electron chi connectivity index (χ2n) is 2.72. The molecule has 0 amide bonds. The fraction of sp³-hybridized carbons (Fsp3) is 0.111. The Morgan fingerprint density at radius 1 is 1.29 bits per heavy atom. The lowest BCUT2D eigenvalue weighted by molar-refractivity contribution is 0.441. The highest BCUT2D eigenvalue weighted by Crippen LogP contribution is 2.17. The van der Waals surface area contributed by atoms with Crippen LogP contribution in [-0.2, 0) is 0 Å². The van der Waals surface area contributed by atoms with Crippen LogP contribution in [0.15, 0.2) is 41.3 Å². The van der Waals surface area contributed by atoms with E-state index in [1.807, 2.05) is 6.07 Å². The Morgan fingerprint density at radius 3 is 2.64 bits per heavy atom. The van der Waals surface area contributed by atoms with Crippen molar-refractivity contribution in [3.63, 3.8) is 0 Å². The van der Waals surface area contributed by atoms with Gasteiger partial charge in [0.1, 0.15) is 11.8 Å². The van der Waals surface area contributed by atoms with Gasteiger partial charge in [0.15, 0.2) is 5.82 Å². The van der Waals surface area contributed by atoms with Gasteiger partial charge in [0.2, 0.25) is 0 Å². The molecule has 1 atom stereocenters. The van der Waals surface area contributed by atoms with Gasteiger partial charge in [0.25, 0.3) is 0 Å². The van der Waals surface area contributed by atoms with Crippen molar-refractivity contribution in [3.05, 3.63) is 48.4 Å². The summed E-state index contributed by atoms with van der Waals surface area (Å²) < 4.78 is 5.22. The zero-order valence-electron chi connectivity index (χ0n) is 7.42.